The van der Waals surface area contributed by atoms with Gasteiger partial charge in [-0.25, -0.2) is 0 Å². The number of fused-ring (bicyclic) bond motifs is 1. The molecule has 2 heteroatoms. The molecule has 0 amide bonds. The second kappa shape index (κ2) is 4.34. The maximum atomic E-state index is 9.20. The maximum absolute atomic E-state index is 9.20. The Bertz CT molecular complexity index is 606. The molecule has 1 aliphatic rings. The molecule has 1 saturated carbocycles. The van der Waals surface area contributed by atoms with Crippen molar-refractivity contribution in [3.05, 3.63) is 42.5 Å². The van der Waals surface area contributed by atoms with Crippen LogP contribution in [-0.2, 0) is 0 Å². The zero-order valence-electron chi connectivity index (χ0n) is 10.3. The quantitative estimate of drug-likeness (QED) is 0.876. The third kappa shape index (κ3) is 1.93. The molecule has 1 fully saturated rings. The third-order valence-corrected chi connectivity index (χ3v) is 3.93. The minimum atomic E-state index is -0.119. The Morgan fingerprint density at radius 3 is 2.56 bits per heavy atom. The van der Waals surface area contributed by atoms with E-state index in [1.54, 1.807) is 0 Å². The third-order valence-electron chi connectivity index (χ3n) is 3.93. The smallest absolute Gasteiger partial charge is 0.0746 e. The van der Waals surface area contributed by atoms with Crippen LogP contribution in [0.15, 0.2) is 42.5 Å². The largest absolute Gasteiger partial charge is 0.383 e. The molecule has 1 aliphatic carbocycles. The van der Waals surface area contributed by atoms with E-state index in [4.69, 9.17) is 0 Å². The topological polar surface area (TPSA) is 35.8 Å². The lowest BCUT2D eigenvalue weighted by atomic mass is 9.70. The van der Waals surface area contributed by atoms with E-state index in [1.165, 1.54) is 17.2 Å². The summed E-state index contributed by atoms with van der Waals surface area (Å²) in [6, 6.07) is 17.2. The fraction of sp³-hybridized carbons (Fsp3) is 0.312. The van der Waals surface area contributed by atoms with Crippen molar-refractivity contribution in [2.45, 2.75) is 19.3 Å². The number of hydrogen-bond acceptors (Lipinski definition) is 2. The molecule has 2 aromatic carbocycles. The van der Waals surface area contributed by atoms with E-state index in [9.17, 15) is 5.26 Å². The first-order valence-corrected chi connectivity index (χ1v) is 6.45. The summed E-state index contributed by atoms with van der Waals surface area (Å²) in [5.41, 5.74) is 0.987. The minimum absolute atomic E-state index is 0.119. The lowest BCUT2D eigenvalue weighted by Gasteiger charge is -2.35. The standard InChI is InChI=1S/C16H16N2/c17-11-16(8-3-9-16)12-18-15-7-6-13-4-1-2-5-14(13)10-15/h1-2,4-7,10,18H,3,8-9,12H2. The zero-order chi connectivity index (χ0) is 12.4. The summed E-state index contributed by atoms with van der Waals surface area (Å²) in [6.45, 7) is 0.766. The highest BCUT2D eigenvalue weighted by Gasteiger charge is 2.36. The van der Waals surface area contributed by atoms with E-state index in [2.05, 4.69) is 53.9 Å². The second-order valence-corrected chi connectivity index (χ2v) is 5.16. The first-order chi connectivity index (χ1) is 8.81. The van der Waals surface area contributed by atoms with Gasteiger partial charge in [-0.2, -0.15) is 5.26 Å². The van der Waals surface area contributed by atoms with Gasteiger partial charge in [0.15, 0.2) is 0 Å². The molecule has 2 aromatic rings. The van der Waals surface area contributed by atoms with Crippen LogP contribution in [0.2, 0.25) is 0 Å². The molecular formula is C16H16N2. The molecule has 3 rings (SSSR count). The second-order valence-electron chi connectivity index (χ2n) is 5.16. The average Bonchev–Trinajstić information content (AvgIpc) is 2.38. The number of hydrogen-bond donors (Lipinski definition) is 1. The monoisotopic (exact) mass is 236 g/mol. The average molecular weight is 236 g/mol. The summed E-state index contributed by atoms with van der Waals surface area (Å²) in [5.74, 6) is 0. The van der Waals surface area contributed by atoms with Crippen LogP contribution in [0.4, 0.5) is 5.69 Å². The molecule has 2 nitrogen and oxygen atoms in total. The van der Waals surface area contributed by atoms with Crippen LogP contribution in [0.3, 0.4) is 0 Å². The normalized spacial score (nSPS) is 16.8. The SMILES string of the molecule is N#CC1(CNc2ccc3ccccc3c2)CCC1. The molecule has 90 valence electrons. The summed E-state index contributed by atoms with van der Waals surface area (Å²) >= 11 is 0. The van der Waals surface area contributed by atoms with Crippen LogP contribution in [0.1, 0.15) is 19.3 Å². The van der Waals surface area contributed by atoms with E-state index in [-0.39, 0.29) is 5.41 Å². The van der Waals surface area contributed by atoms with Crippen molar-refractivity contribution in [3.63, 3.8) is 0 Å². The van der Waals surface area contributed by atoms with E-state index >= 15 is 0 Å². The van der Waals surface area contributed by atoms with E-state index in [1.807, 2.05) is 0 Å². The van der Waals surface area contributed by atoms with Gasteiger partial charge in [0.25, 0.3) is 0 Å². The predicted octanol–water partition coefficient (Wildman–Crippen LogP) is 3.95. The lowest BCUT2D eigenvalue weighted by molar-refractivity contribution is 0.233. The summed E-state index contributed by atoms with van der Waals surface area (Å²) < 4.78 is 0. The molecule has 0 atom stereocenters. The first-order valence-electron chi connectivity index (χ1n) is 6.45. The molecule has 0 unspecified atom stereocenters. The van der Waals surface area contributed by atoms with E-state index < -0.39 is 0 Å². The van der Waals surface area contributed by atoms with E-state index in [0.29, 0.717) is 0 Å². The van der Waals surface area contributed by atoms with Gasteiger partial charge in [0.05, 0.1) is 11.5 Å². The first kappa shape index (κ1) is 11.1. The Morgan fingerprint density at radius 2 is 1.89 bits per heavy atom. The van der Waals surface area contributed by atoms with Gasteiger partial charge in [0, 0.05) is 12.2 Å². The van der Waals surface area contributed by atoms with Gasteiger partial charge in [-0.05, 0) is 35.7 Å². The fourth-order valence-electron chi connectivity index (χ4n) is 2.50. The van der Waals surface area contributed by atoms with Crippen molar-refractivity contribution in [2.24, 2.45) is 5.41 Å². The van der Waals surface area contributed by atoms with Crippen LogP contribution in [0.25, 0.3) is 10.8 Å². The highest BCUT2D eigenvalue weighted by atomic mass is 14.9. The van der Waals surface area contributed by atoms with Crippen molar-refractivity contribution < 1.29 is 0 Å². The predicted molar refractivity (Wildman–Crippen MR) is 74.3 cm³/mol. The van der Waals surface area contributed by atoms with Gasteiger partial charge >= 0.3 is 0 Å². The highest BCUT2D eigenvalue weighted by Crippen LogP contribution is 2.40. The van der Waals surface area contributed by atoms with Crippen molar-refractivity contribution >= 4 is 16.5 Å². The molecule has 0 aromatic heterocycles. The molecule has 0 saturated heterocycles. The van der Waals surface area contributed by atoms with Crippen LogP contribution >= 0.6 is 0 Å². The summed E-state index contributed by atoms with van der Waals surface area (Å²) in [4.78, 5) is 0. The van der Waals surface area contributed by atoms with Crippen LogP contribution in [0.5, 0.6) is 0 Å². The number of benzene rings is 2. The highest BCUT2D eigenvalue weighted by molar-refractivity contribution is 5.85. The van der Waals surface area contributed by atoms with Crippen molar-refractivity contribution in [1.29, 1.82) is 5.26 Å². The molecule has 0 spiro atoms. The number of anilines is 1. The Kier molecular flexibility index (Phi) is 2.68. The number of nitrogens with one attached hydrogen (secondary N) is 1. The van der Waals surface area contributed by atoms with Gasteiger partial charge in [-0.15, -0.1) is 0 Å². The Hall–Kier alpha value is -2.01. The molecule has 1 N–H and O–H groups in total. The van der Waals surface area contributed by atoms with Gasteiger partial charge in [0.2, 0.25) is 0 Å². The lowest BCUT2D eigenvalue weighted by Crippen LogP contribution is -2.34. The van der Waals surface area contributed by atoms with Gasteiger partial charge < -0.3 is 5.32 Å². The Balaban J connectivity index is 1.77. The van der Waals surface area contributed by atoms with E-state index in [0.717, 1.165) is 25.1 Å². The van der Waals surface area contributed by atoms with Gasteiger partial charge in [-0.3, -0.25) is 0 Å². The molecular weight excluding hydrogens is 220 g/mol. The van der Waals surface area contributed by atoms with Crippen molar-refractivity contribution in [2.75, 3.05) is 11.9 Å². The molecule has 0 heterocycles. The van der Waals surface area contributed by atoms with Crippen LogP contribution in [-0.4, -0.2) is 6.54 Å². The maximum Gasteiger partial charge on any atom is 0.0746 e. The number of nitrogens with zero attached hydrogens (tertiary/aromatic N) is 1. The molecule has 0 aliphatic heterocycles. The van der Waals surface area contributed by atoms with Crippen molar-refractivity contribution in [3.8, 4) is 6.07 Å². The number of rotatable bonds is 3. The van der Waals surface area contributed by atoms with Crippen LogP contribution < -0.4 is 5.32 Å². The van der Waals surface area contributed by atoms with Gasteiger partial charge in [-0.1, -0.05) is 36.8 Å². The minimum Gasteiger partial charge on any atom is -0.383 e. The summed E-state index contributed by atoms with van der Waals surface area (Å²) in [7, 11) is 0. The Morgan fingerprint density at radius 1 is 1.11 bits per heavy atom. The molecule has 18 heavy (non-hydrogen) atoms. The fourth-order valence-corrected chi connectivity index (χ4v) is 2.50. The Labute approximate surface area is 107 Å². The summed E-state index contributed by atoms with van der Waals surface area (Å²) in [6.07, 6.45) is 3.25. The molecule has 0 radical (unpaired) electrons. The van der Waals surface area contributed by atoms with Crippen LogP contribution in [0, 0.1) is 16.7 Å². The number of nitriles is 1. The van der Waals surface area contributed by atoms with Crippen molar-refractivity contribution in [1.82, 2.24) is 0 Å². The summed E-state index contributed by atoms with van der Waals surface area (Å²) in [5, 5.41) is 15.1. The van der Waals surface area contributed by atoms with Gasteiger partial charge in [0.1, 0.15) is 0 Å². The zero-order valence-corrected chi connectivity index (χ0v) is 10.3. The molecule has 0 bridgehead atoms.